The third-order valence-electron chi connectivity index (χ3n) is 5.39. The minimum atomic E-state index is -0.824. The van der Waals surface area contributed by atoms with E-state index in [0.29, 0.717) is 22.7 Å². The number of urea groups is 1. The van der Waals surface area contributed by atoms with E-state index in [2.05, 4.69) is 37.2 Å². The predicted octanol–water partition coefficient (Wildman–Crippen LogP) is 6.43. The van der Waals surface area contributed by atoms with Gasteiger partial charge in [-0.1, -0.05) is 61.7 Å². The SMILES string of the molecule is COc1cc(/C=C2/C(=O)NC(=O)N(c3ccc(Br)c(C)c3)C2=O)cc(Cl)c1OCc1ccccc1Br. The molecule has 36 heavy (non-hydrogen) atoms. The van der Waals surface area contributed by atoms with E-state index in [9.17, 15) is 14.4 Å². The number of nitrogens with zero attached hydrogens (tertiary/aromatic N) is 1. The van der Waals surface area contributed by atoms with Gasteiger partial charge in [0.25, 0.3) is 11.8 Å². The summed E-state index contributed by atoms with van der Waals surface area (Å²) in [6.45, 7) is 2.07. The Kier molecular flexibility index (Phi) is 7.82. The van der Waals surface area contributed by atoms with Gasteiger partial charge in [-0.25, -0.2) is 9.69 Å². The molecule has 1 fully saturated rings. The molecule has 7 nitrogen and oxygen atoms in total. The molecule has 0 aliphatic carbocycles. The van der Waals surface area contributed by atoms with Crippen LogP contribution in [0.25, 0.3) is 6.08 Å². The first-order valence-electron chi connectivity index (χ1n) is 10.6. The molecule has 0 unspecified atom stereocenters. The molecule has 1 saturated heterocycles. The van der Waals surface area contributed by atoms with E-state index >= 15 is 0 Å². The van der Waals surface area contributed by atoms with Gasteiger partial charge < -0.3 is 9.47 Å². The number of carbonyl (C=O) groups excluding carboxylic acids is 3. The zero-order chi connectivity index (χ0) is 26.0. The number of aryl methyl sites for hydroxylation is 1. The summed E-state index contributed by atoms with van der Waals surface area (Å²) in [5, 5.41) is 2.44. The molecule has 1 N–H and O–H groups in total. The number of nitrogens with one attached hydrogen (secondary N) is 1. The third-order valence-corrected chi connectivity index (χ3v) is 7.34. The topological polar surface area (TPSA) is 84.9 Å². The number of imide groups is 2. The molecule has 0 aromatic heterocycles. The molecule has 4 amide bonds. The van der Waals surface area contributed by atoms with Crippen LogP contribution in [0.2, 0.25) is 5.02 Å². The van der Waals surface area contributed by atoms with Crippen LogP contribution in [-0.2, 0) is 16.2 Å². The van der Waals surface area contributed by atoms with Gasteiger partial charge in [0.05, 0.1) is 17.8 Å². The second-order valence-corrected chi connectivity index (χ2v) is 9.92. The molecular weight excluding hydrogens is 616 g/mol. The van der Waals surface area contributed by atoms with Crippen molar-refractivity contribution in [3.63, 3.8) is 0 Å². The van der Waals surface area contributed by atoms with Crippen LogP contribution in [-0.4, -0.2) is 25.0 Å². The van der Waals surface area contributed by atoms with Crippen LogP contribution in [0.3, 0.4) is 0 Å². The second kappa shape index (κ2) is 10.9. The Bertz CT molecular complexity index is 1420. The summed E-state index contributed by atoms with van der Waals surface area (Å²) in [5.74, 6) is -0.922. The summed E-state index contributed by atoms with van der Waals surface area (Å²) < 4.78 is 13.1. The molecule has 10 heteroatoms. The van der Waals surface area contributed by atoms with Crippen molar-refractivity contribution in [3.05, 3.63) is 90.8 Å². The fourth-order valence-corrected chi connectivity index (χ4v) is 4.47. The Morgan fingerprint density at radius 2 is 1.78 bits per heavy atom. The number of amides is 4. The molecule has 1 aliphatic rings. The smallest absolute Gasteiger partial charge is 0.335 e. The summed E-state index contributed by atoms with van der Waals surface area (Å²) in [6.07, 6.45) is 1.36. The molecule has 0 radical (unpaired) electrons. The van der Waals surface area contributed by atoms with E-state index in [-0.39, 0.29) is 17.2 Å². The second-order valence-electron chi connectivity index (χ2n) is 7.81. The summed E-state index contributed by atoms with van der Waals surface area (Å²) >= 11 is 13.4. The Balaban J connectivity index is 1.66. The minimum absolute atomic E-state index is 0.227. The molecule has 0 atom stereocenters. The zero-order valence-electron chi connectivity index (χ0n) is 19.1. The van der Waals surface area contributed by atoms with E-state index in [0.717, 1.165) is 25.0 Å². The van der Waals surface area contributed by atoms with Crippen molar-refractivity contribution in [1.82, 2.24) is 5.32 Å². The molecule has 3 aromatic rings. The van der Waals surface area contributed by atoms with E-state index in [4.69, 9.17) is 21.1 Å². The van der Waals surface area contributed by atoms with Crippen molar-refractivity contribution < 1.29 is 23.9 Å². The van der Waals surface area contributed by atoms with Gasteiger partial charge in [0, 0.05) is 14.5 Å². The molecule has 0 saturated carbocycles. The molecule has 0 spiro atoms. The standard InChI is InChI=1S/C26H19Br2ClN2O5/c1-14-9-17(7-8-19(14)27)31-25(33)18(24(32)30-26(31)34)10-15-11-21(29)23(22(12-15)35-2)36-13-16-5-3-4-6-20(16)28/h3-12H,13H2,1-2H3,(H,30,32,34)/b18-10-. The maximum atomic E-state index is 13.2. The van der Waals surface area contributed by atoms with Crippen molar-refractivity contribution in [1.29, 1.82) is 0 Å². The zero-order valence-corrected chi connectivity index (χ0v) is 23.0. The fraction of sp³-hybridized carbons (Fsp3) is 0.115. The Morgan fingerprint density at radius 1 is 1.03 bits per heavy atom. The molecule has 184 valence electrons. The number of carbonyl (C=O) groups is 3. The molecule has 1 aliphatic heterocycles. The van der Waals surface area contributed by atoms with Gasteiger partial charge in [0.2, 0.25) is 0 Å². The number of hydrogen-bond donors (Lipinski definition) is 1. The van der Waals surface area contributed by atoms with Gasteiger partial charge in [-0.3, -0.25) is 14.9 Å². The van der Waals surface area contributed by atoms with E-state index in [1.54, 1.807) is 30.3 Å². The summed E-state index contributed by atoms with van der Waals surface area (Å²) in [6, 6.07) is 14.9. The highest BCUT2D eigenvalue weighted by molar-refractivity contribution is 9.10. The van der Waals surface area contributed by atoms with E-state index in [1.807, 2.05) is 31.2 Å². The summed E-state index contributed by atoms with van der Waals surface area (Å²) in [4.78, 5) is 39.2. The highest BCUT2D eigenvalue weighted by atomic mass is 79.9. The average molecular weight is 635 g/mol. The number of hydrogen-bond acceptors (Lipinski definition) is 5. The van der Waals surface area contributed by atoms with Gasteiger partial charge in [-0.15, -0.1) is 0 Å². The Morgan fingerprint density at radius 3 is 2.47 bits per heavy atom. The predicted molar refractivity (Wildman–Crippen MR) is 144 cm³/mol. The number of benzene rings is 3. The minimum Gasteiger partial charge on any atom is -0.493 e. The van der Waals surface area contributed by atoms with Crippen molar-refractivity contribution in [3.8, 4) is 11.5 Å². The number of ether oxygens (including phenoxy) is 2. The maximum absolute atomic E-state index is 13.2. The van der Waals surface area contributed by atoms with Crippen molar-refractivity contribution >= 4 is 73.1 Å². The summed E-state index contributed by atoms with van der Waals surface area (Å²) in [5.41, 5.74) is 2.27. The van der Waals surface area contributed by atoms with Crippen LogP contribution in [0, 0.1) is 6.92 Å². The lowest BCUT2D eigenvalue weighted by Gasteiger charge is -2.26. The van der Waals surface area contributed by atoms with Crippen LogP contribution >= 0.6 is 43.5 Å². The van der Waals surface area contributed by atoms with Gasteiger partial charge in [0.1, 0.15) is 12.2 Å². The van der Waals surface area contributed by atoms with Gasteiger partial charge in [-0.2, -0.15) is 0 Å². The normalized spacial score (nSPS) is 14.8. The maximum Gasteiger partial charge on any atom is 0.335 e. The number of rotatable bonds is 6. The van der Waals surface area contributed by atoms with Crippen LogP contribution in [0.4, 0.5) is 10.5 Å². The lowest BCUT2D eigenvalue weighted by molar-refractivity contribution is -0.122. The number of barbiturate groups is 1. The largest absolute Gasteiger partial charge is 0.493 e. The first kappa shape index (κ1) is 25.9. The average Bonchev–Trinajstić information content (AvgIpc) is 2.83. The fourth-order valence-electron chi connectivity index (χ4n) is 3.56. The Hall–Kier alpha value is -3.14. The molecule has 1 heterocycles. The number of anilines is 1. The van der Waals surface area contributed by atoms with Crippen LogP contribution < -0.4 is 19.7 Å². The summed E-state index contributed by atoms with van der Waals surface area (Å²) in [7, 11) is 1.46. The van der Waals surface area contributed by atoms with Gasteiger partial charge >= 0.3 is 6.03 Å². The van der Waals surface area contributed by atoms with E-state index in [1.165, 1.54) is 13.2 Å². The van der Waals surface area contributed by atoms with Crippen LogP contribution in [0.15, 0.2) is 69.1 Å². The monoisotopic (exact) mass is 632 g/mol. The number of methoxy groups -OCH3 is 1. The molecule has 3 aromatic carbocycles. The van der Waals surface area contributed by atoms with E-state index < -0.39 is 17.8 Å². The van der Waals surface area contributed by atoms with Gasteiger partial charge in [0.15, 0.2) is 11.5 Å². The lowest BCUT2D eigenvalue weighted by Crippen LogP contribution is -2.54. The molecule has 0 bridgehead atoms. The van der Waals surface area contributed by atoms with Crippen LogP contribution in [0.5, 0.6) is 11.5 Å². The first-order valence-corrected chi connectivity index (χ1v) is 12.6. The first-order chi connectivity index (χ1) is 17.2. The lowest BCUT2D eigenvalue weighted by atomic mass is 10.1. The third kappa shape index (κ3) is 5.33. The van der Waals surface area contributed by atoms with Gasteiger partial charge in [-0.05, 0) is 60.5 Å². The highest BCUT2D eigenvalue weighted by Crippen LogP contribution is 2.38. The Labute approximate surface area is 229 Å². The highest BCUT2D eigenvalue weighted by Gasteiger charge is 2.37. The van der Waals surface area contributed by atoms with Crippen LogP contribution in [0.1, 0.15) is 16.7 Å². The molecular formula is C26H19Br2ClN2O5. The number of halogens is 3. The molecule has 4 rings (SSSR count). The van der Waals surface area contributed by atoms with Crippen molar-refractivity contribution in [2.24, 2.45) is 0 Å². The quantitative estimate of drug-likeness (QED) is 0.250. The van der Waals surface area contributed by atoms with Crippen molar-refractivity contribution in [2.75, 3.05) is 12.0 Å². The van der Waals surface area contributed by atoms with Crippen molar-refractivity contribution in [2.45, 2.75) is 13.5 Å².